The lowest BCUT2D eigenvalue weighted by atomic mass is 9.88. The van der Waals surface area contributed by atoms with Gasteiger partial charge in [0.05, 0.1) is 11.9 Å². The molecule has 1 fully saturated rings. The highest BCUT2D eigenvalue weighted by atomic mass is 32.2. The van der Waals surface area contributed by atoms with Gasteiger partial charge in [0.25, 0.3) is 0 Å². The van der Waals surface area contributed by atoms with Crippen LogP contribution in [-0.4, -0.2) is 45.5 Å². The van der Waals surface area contributed by atoms with Crippen LogP contribution in [0, 0.1) is 0 Å². The Balaban J connectivity index is 1.51. The van der Waals surface area contributed by atoms with Gasteiger partial charge in [-0.1, -0.05) is 24.3 Å². The van der Waals surface area contributed by atoms with E-state index in [-0.39, 0.29) is 5.60 Å². The average Bonchev–Trinajstić information content (AvgIpc) is 3.04. The maximum absolute atomic E-state index is 11.9. The summed E-state index contributed by atoms with van der Waals surface area (Å²) >= 11 is -1.12. The normalized spacial score (nSPS) is 19.7. The number of benzene rings is 1. The zero-order chi connectivity index (χ0) is 18.1. The van der Waals surface area contributed by atoms with E-state index in [1.807, 2.05) is 16.4 Å². The quantitative estimate of drug-likeness (QED) is 0.836. The van der Waals surface area contributed by atoms with Crippen LogP contribution in [0.3, 0.4) is 0 Å². The molecule has 1 spiro atoms. The summed E-state index contributed by atoms with van der Waals surface area (Å²) in [6, 6.07) is 9.50. The number of pyridine rings is 1. The van der Waals surface area contributed by atoms with E-state index in [1.54, 1.807) is 25.4 Å². The van der Waals surface area contributed by atoms with Crippen LogP contribution in [0.5, 0.6) is 5.75 Å². The van der Waals surface area contributed by atoms with Crippen LogP contribution < -0.4 is 9.46 Å². The zero-order valence-corrected chi connectivity index (χ0v) is 15.4. The van der Waals surface area contributed by atoms with E-state index < -0.39 is 11.2 Å². The average molecular weight is 371 g/mol. The number of aldehydes is 1. The van der Waals surface area contributed by atoms with Crippen LogP contribution in [0.4, 0.5) is 0 Å². The zero-order valence-electron chi connectivity index (χ0n) is 14.6. The van der Waals surface area contributed by atoms with Gasteiger partial charge in [0, 0.05) is 49.0 Å². The van der Waals surface area contributed by atoms with Gasteiger partial charge in [0.1, 0.15) is 17.6 Å². The van der Waals surface area contributed by atoms with Crippen molar-refractivity contribution in [1.29, 1.82) is 0 Å². The number of carbonyl (C=O) groups is 1. The number of nitrogens with zero attached hydrogens (tertiary/aromatic N) is 2. The molecule has 0 bridgehead atoms. The summed E-state index contributed by atoms with van der Waals surface area (Å²) in [6.45, 7) is 1.49. The summed E-state index contributed by atoms with van der Waals surface area (Å²) < 4.78 is 22.9. The van der Waals surface area contributed by atoms with E-state index in [2.05, 4.69) is 15.8 Å². The number of ether oxygens (including phenoxy) is 1. The molecule has 0 aliphatic carbocycles. The van der Waals surface area contributed by atoms with Crippen LogP contribution in [0.25, 0.3) is 11.3 Å². The van der Waals surface area contributed by atoms with E-state index in [4.69, 9.17) is 4.74 Å². The Bertz CT molecular complexity index is 846. The van der Waals surface area contributed by atoms with Gasteiger partial charge < -0.3 is 4.74 Å². The largest absolute Gasteiger partial charge is 0.485 e. The predicted molar refractivity (Wildman–Crippen MR) is 100 cm³/mol. The molecule has 0 saturated carbocycles. The fourth-order valence-electron chi connectivity index (χ4n) is 3.69. The van der Waals surface area contributed by atoms with E-state index in [0.717, 1.165) is 61.2 Å². The first-order valence-electron chi connectivity index (χ1n) is 8.70. The van der Waals surface area contributed by atoms with Gasteiger partial charge in [-0.05, 0) is 13.1 Å². The molecule has 2 aliphatic rings. The Labute approximate surface area is 155 Å². The molecular formula is C19H21N3O3S. The van der Waals surface area contributed by atoms with Gasteiger partial charge in [-0.3, -0.25) is 9.78 Å². The second kappa shape index (κ2) is 6.90. The molecule has 7 heteroatoms. The Morgan fingerprint density at radius 2 is 2.00 bits per heavy atom. The van der Waals surface area contributed by atoms with Crippen LogP contribution in [-0.2, 0) is 17.6 Å². The van der Waals surface area contributed by atoms with Crippen molar-refractivity contribution in [3.05, 3.63) is 47.7 Å². The van der Waals surface area contributed by atoms with Crippen molar-refractivity contribution >= 4 is 17.5 Å². The Morgan fingerprint density at radius 3 is 2.65 bits per heavy atom. The minimum atomic E-state index is -1.12. The molecule has 3 heterocycles. The van der Waals surface area contributed by atoms with Gasteiger partial charge in [-0.15, -0.1) is 0 Å². The van der Waals surface area contributed by atoms with Crippen molar-refractivity contribution in [3.63, 3.8) is 0 Å². The van der Waals surface area contributed by atoms with Crippen LogP contribution in [0.1, 0.15) is 28.8 Å². The highest BCUT2D eigenvalue weighted by molar-refractivity contribution is 7.80. The van der Waals surface area contributed by atoms with Gasteiger partial charge in [0.2, 0.25) is 0 Å². The van der Waals surface area contributed by atoms with Crippen molar-refractivity contribution in [3.8, 4) is 17.0 Å². The summed E-state index contributed by atoms with van der Waals surface area (Å²) in [5.41, 5.74) is 3.48. The highest BCUT2D eigenvalue weighted by Gasteiger charge is 2.43. The first-order valence-corrected chi connectivity index (χ1v) is 9.81. The number of hydrogen-bond acceptors (Lipinski definition) is 4. The lowest BCUT2D eigenvalue weighted by Crippen LogP contribution is -2.49. The molecule has 1 atom stereocenters. The van der Waals surface area contributed by atoms with Crippen LogP contribution >= 0.6 is 0 Å². The molecule has 0 amide bonds. The standard InChI is InChI=1S/C19H21N3O3S/c1-20-26(24)22-8-6-19(7-9-22)11-16-10-17(21-12-18(16)25-19)15-4-2-14(13-23)3-5-15/h2-5,10,12-13,20H,6-9,11H2,1H3. The predicted octanol–water partition coefficient (Wildman–Crippen LogP) is 2.13. The van der Waals surface area contributed by atoms with E-state index in [0.29, 0.717) is 5.56 Å². The number of rotatable bonds is 4. The molecule has 1 N–H and O–H groups in total. The molecule has 136 valence electrons. The Hall–Kier alpha value is -2.09. The van der Waals surface area contributed by atoms with E-state index in [9.17, 15) is 9.00 Å². The Kier molecular flexibility index (Phi) is 4.60. The minimum absolute atomic E-state index is 0.210. The molecule has 0 radical (unpaired) electrons. The SMILES string of the molecule is CNS(=O)N1CCC2(CC1)Cc1cc(-c3ccc(C=O)cc3)ncc1O2. The lowest BCUT2D eigenvalue weighted by Gasteiger charge is -2.37. The summed E-state index contributed by atoms with van der Waals surface area (Å²) in [5, 5.41) is 0. The number of fused-ring (bicyclic) bond motifs is 1. The third-order valence-corrected chi connectivity index (χ3v) is 6.36. The number of piperidine rings is 1. The van der Waals surface area contributed by atoms with Crippen molar-refractivity contribution in [2.45, 2.75) is 24.9 Å². The molecule has 1 aromatic carbocycles. The highest BCUT2D eigenvalue weighted by Crippen LogP contribution is 2.41. The fourth-order valence-corrected chi connectivity index (χ4v) is 4.46. The monoisotopic (exact) mass is 371 g/mol. The molecule has 1 saturated heterocycles. The molecule has 26 heavy (non-hydrogen) atoms. The smallest absolute Gasteiger partial charge is 0.169 e. The summed E-state index contributed by atoms with van der Waals surface area (Å²) in [6.07, 6.45) is 5.18. The maximum atomic E-state index is 11.9. The fraction of sp³-hybridized carbons (Fsp3) is 0.368. The van der Waals surface area contributed by atoms with Gasteiger partial charge >= 0.3 is 0 Å². The second-order valence-electron chi connectivity index (χ2n) is 6.76. The molecule has 6 nitrogen and oxygen atoms in total. The first-order chi connectivity index (χ1) is 12.6. The van der Waals surface area contributed by atoms with Crippen LogP contribution in [0.2, 0.25) is 0 Å². The molecule has 1 unspecified atom stereocenters. The van der Waals surface area contributed by atoms with E-state index >= 15 is 0 Å². The molecule has 4 rings (SSSR count). The van der Waals surface area contributed by atoms with Crippen molar-refractivity contribution < 1.29 is 13.7 Å². The number of nitrogens with one attached hydrogen (secondary N) is 1. The number of aromatic nitrogens is 1. The van der Waals surface area contributed by atoms with E-state index in [1.165, 1.54) is 0 Å². The number of hydrogen-bond donors (Lipinski definition) is 1. The number of carbonyl (C=O) groups excluding carboxylic acids is 1. The third kappa shape index (κ3) is 3.18. The maximum Gasteiger partial charge on any atom is 0.169 e. The summed E-state index contributed by atoms with van der Waals surface area (Å²) in [5.74, 6) is 0.849. The molecular weight excluding hydrogens is 350 g/mol. The van der Waals surface area contributed by atoms with Gasteiger partial charge in [-0.25, -0.2) is 13.2 Å². The molecule has 2 aromatic rings. The van der Waals surface area contributed by atoms with Crippen LogP contribution in [0.15, 0.2) is 36.5 Å². The van der Waals surface area contributed by atoms with Crippen molar-refractivity contribution in [2.75, 3.05) is 20.1 Å². The summed E-state index contributed by atoms with van der Waals surface area (Å²) in [4.78, 5) is 15.3. The molecule has 2 aliphatic heterocycles. The molecule has 1 aromatic heterocycles. The minimum Gasteiger partial charge on any atom is -0.485 e. The lowest BCUT2D eigenvalue weighted by molar-refractivity contribution is 0.0414. The second-order valence-corrected chi connectivity index (χ2v) is 8.18. The van der Waals surface area contributed by atoms with Crippen molar-refractivity contribution in [1.82, 2.24) is 14.0 Å². The van der Waals surface area contributed by atoms with Gasteiger partial charge in [-0.2, -0.15) is 0 Å². The summed E-state index contributed by atoms with van der Waals surface area (Å²) in [7, 11) is 1.71. The van der Waals surface area contributed by atoms with Gasteiger partial charge in [0.15, 0.2) is 11.2 Å². The first kappa shape index (κ1) is 17.3. The topological polar surface area (TPSA) is 71.5 Å². The third-order valence-electron chi connectivity index (χ3n) is 5.17. The Morgan fingerprint density at radius 1 is 1.27 bits per heavy atom. The van der Waals surface area contributed by atoms with Crippen molar-refractivity contribution in [2.24, 2.45) is 0 Å².